The van der Waals surface area contributed by atoms with E-state index >= 15 is 0 Å². The van der Waals surface area contributed by atoms with E-state index in [2.05, 4.69) is 5.32 Å². The fourth-order valence-electron chi connectivity index (χ4n) is 2.05. The number of thioether (sulfide) groups is 1. The van der Waals surface area contributed by atoms with Gasteiger partial charge in [-0.3, -0.25) is 9.59 Å². The van der Waals surface area contributed by atoms with Crippen molar-refractivity contribution in [2.24, 2.45) is 0 Å². The zero-order valence-electron chi connectivity index (χ0n) is 10.8. The molecule has 1 heterocycles. The van der Waals surface area contributed by atoms with Crippen LogP contribution >= 0.6 is 11.8 Å². The van der Waals surface area contributed by atoms with E-state index in [1.165, 1.54) is 11.8 Å². The van der Waals surface area contributed by atoms with Gasteiger partial charge in [-0.1, -0.05) is 12.1 Å². The van der Waals surface area contributed by atoms with Crippen molar-refractivity contribution in [1.29, 1.82) is 0 Å². The van der Waals surface area contributed by atoms with Crippen LogP contribution in [0.4, 0.5) is 0 Å². The molecule has 1 aliphatic rings. The van der Waals surface area contributed by atoms with Crippen LogP contribution in [0.15, 0.2) is 29.2 Å². The lowest BCUT2D eigenvalue weighted by Crippen LogP contribution is -2.59. The summed E-state index contributed by atoms with van der Waals surface area (Å²) in [6, 6.07) is 5.92. The molecule has 2 rings (SSSR count). The summed E-state index contributed by atoms with van der Waals surface area (Å²) in [7, 11) is 0. The molecule has 0 spiro atoms. The van der Waals surface area contributed by atoms with Gasteiger partial charge in [0.25, 0.3) is 5.91 Å². The zero-order chi connectivity index (χ0) is 14.7. The van der Waals surface area contributed by atoms with Crippen LogP contribution in [0.5, 0.6) is 0 Å². The molecule has 2 amide bonds. The van der Waals surface area contributed by atoms with E-state index < -0.39 is 17.9 Å². The molecule has 20 heavy (non-hydrogen) atoms. The number of nitrogens with zero attached hydrogens (tertiary/aromatic N) is 1. The zero-order valence-corrected chi connectivity index (χ0v) is 11.6. The minimum absolute atomic E-state index is 0.0681. The van der Waals surface area contributed by atoms with Gasteiger partial charge in [-0.15, -0.1) is 11.8 Å². The Labute approximate surface area is 120 Å². The molecule has 1 aliphatic heterocycles. The molecule has 0 aliphatic carbocycles. The molecule has 106 valence electrons. The Morgan fingerprint density at radius 1 is 1.40 bits per heavy atom. The molecule has 1 saturated heterocycles. The van der Waals surface area contributed by atoms with Crippen molar-refractivity contribution in [2.75, 3.05) is 19.3 Å². The predicted octanol–water partition coefficient (Wildman–Crippen LogP) is 0.434. The van der Waals surface area contributed by atoms with Gasteiger partial charge in [0.15, 0.2) is 0 Å². The molecule has 1 fully saturated rings. The van der Waals surface area contributed by atoms with Gasteiger partial charge in [-0.05, 0) is 18.4 Å². The van der Waals surface area contributed by atoms with Crippen molar-refractivity contribution in [3.63, 3.8) is 0 Å². The number of nitrogens with one attached hydrogen (secondary N) is 1. The van der Waals surface area contributed by atoms with E-state index in [4.69, 9.17) is 5.11 Å². The number of benzene rings is 1. The number of carbonyl (C=O) groups excluding carboxylic acids is 2. The SMILES string of the molecule is CSc1ccccc1C(=O)N1CC(=O)NCC1C(=O)O. The number of aliphatic carboxylic acids is 1. The van der Waals surface area contributed by atoms with Crippen LogP contribution in [-0.2, 0) is 9.59 Å². The monoisotopic (exact) mass is 294 g/mol. The van der Waals surface area contributed by atoms with Crippen LogP contribution in [0.3, 0.4) is 0 Å². The Hall–Kier alpha value is -2.02. The fraction of sp³-hybridized carbons (Fsp3) is 0.308. The van der Waals surface area contributed by atoms with Gasteiger partial charge in [0.05, 0.1) is 5.56 Å². The summed E-state index contributed by atoms with van der Waals surface area (Å²) in [4.78, 5) is 37.0. The summed E-state index contributed by atoms with van der Waals surface area (Å²) in [5.74, 6) is -1.91. The molecule has 1 aromatic rings. The average molecular weight is 294 g/mol. The molecule has 1 unspecified atom stereocenters. The minimum Gasteiger partial charge on any atom is -0.480 e. The van der Waals surface area contributed by atoms with Gasteiger partial charge in [0, 0.05) is 11.4 Å². The summed E-state index contributed by atoms with van der Waals surface area (Å²) < 4.78 is 0. The molecule has 1 aromatic carbocycles. The molecule has 7 heteroatoms. The molecule has 6 nitrogen and oxygen atoms in total. The number of carbonyl (C=O) groups is 3. The van der Waals surface area contributed by atoms with Crippen molar-refractivity contribution in [3.05, 3.63) is 29.8 Å². The third-order valence-corrected chi connectivity index (χ3v) is 3.86. The maximum atomic E-state index is 12.5. The molecular weight excluding hydrogens is 280 g/mol. The Morgan fingerprint density at radius 2 is 2.10 bits per heavy atom. The van der Waals surface area contributed by atoms with Gasteiger partial charge in [0.1, 0.15) is 12.6 Å². The van der Waals surface area contributed by atoms with Crippen molar-refractivity contribution in [2.45, 2.75) is 10.9 Å². The average Bonchev–Trinajstić information content (AvgIpc) is 2.46. The maximum Gasteiger partial charge on any atom is 0.328 e. The second-order valence-electron chi connectivity index (χ2n) is 4.29. The first-order valence-electron chi connectivity index (χ1n) is 5.98. The second-order valence-corrected chi connectivity index (χ2v) is 5.14. The molecule has 1 atom stereocenters. The number of piperazine rings is 1. The standard InChI is InChI=1S/C13H14N2O4S/c1-20-10-5-3-2-4-8(10)12(17)15-7-11(16)14-6-9(15)13(18)19/h2-5,9H,6-7H2,1H3,(H,14,16)(H,18,19). The van der Waals surface area contributed by atoms with Gasteiger partial charge in [-0.25, -0.2) is 4.79 Å². The third-order valence-electron chi connectivity index (χ3n) is 3.07. The summed E-state index contributed by atoms with van der Waals surface area (Å²) >= 11 is 1.40. The molecular formula is C13H14N2O4S. The van der Waals surface area contributed by atoms with Crippen LogP contribution in [0.1, 0.15) is 10.4 Å². The molecule has 0 aromatic heterocycles. The van der Waals surface area contributed by atoms with Crippen LogP contribution in [0, 0.1) is 0 Å². The fourth-order valence-corrected chi connectivity index (χ4v) is 2.64. The van der Waals surface area contributed by atoms with Crippen LogP contribution < -0.4 is 5.32 Å². The van der Waals surface area contributed by atoms with Crippen molar-refractivity contribution >= 4 is 29.5 Å². The number of carboxylic acid groups (broad SMARTS) is 1. The normalized spacial score (nSPS) is 18.6. The smallest absolute Gasteiger partial charge is 0.328 e. The molecule has 2 N–H and O–H groups in total. The van der Waals surface area contributed by atoms with E-state index in [-0.39, 0.29) is 19.0 Å². The van der Waals surface area contributed by atoms with Crippen molar-refractivity contribution in [3.8, 4) is 0 Å². The van der Waals surface area contributed by atoms with Gasteiger partial charge < -0.3 is 15.3 Å². The largest absolute Gasteiger partial charge is 0.480 e. The van der Waals surface area contributed by atoms with Gasteiger partial charge >= 0.3 is 5.97 Å². The highest BCUT2D eigenvalue weighted by Gasteiger charge is 2.36. The number of hydrogen-bond acceptors (Lipinski definition) is 4. The number of amides is 2. The first-order valence-corrected chi connectivity index (χ1v) is 7.20. The number of rotatable bonds is 3. The van der Waals surface area contributed by atoms with E-state index in [1.807, 2.05) is 6.26 Å². The third kappa shape index (κ3) is 2.77. The van der Waals surface area contributed by atoms with Crippen molar-refractivity contribution in [1.82, 2.24) is 10.2 Å². The number of hydrogen-bond donors (Lipinski definition) is 2. The lowest BCUT2D eigenvalue weighted by atomic mass is 10.1. The lowest BCUT2D eigenvalue weighted by Gasteiger charge is -2.33. The Kier molecular flexibility index (Phi) is 4.29. The number of carboxylic acids is 1. The minimum atomic E-state index is -1.13. The summed E-state index contributed by atoms with van der Waals surface area (Å²) in [6.07, 6.45) is 1.84. The van der Waals surface area contributed by atoms with Gasteiger partial charge in [0.2, 0.25) is 5.91 Å². The highest BCUT2D eigenvalue weighted by molar-refractivity contribution is 7.98. The van der Waals surface area contributed by atoms with Crippen LogP contribution in [0.25, 0.3) is 0 Å². The molecule has 0 saturated carbocycles. The van der Waals surface area contributed by atoms with E-state index in [0.717, 1.165) is 9.80 Å². The summed E-state index contributed by atoms with van der Waals surface area (Å²) in [6.45, 7) is -0.306. The first kappa shape index (κ1) is 14.4. The molecule has 0 radical (unpaired) electrons. The lowest BCUT2D eigenvalue weighted by molar-refractivity contribution is -0.144. The summed E-state index contributed by atoms with van der Waals surface area (Å²) in [5.41, 5.74) is 0.418. The summed E-state index contributed by atoms with van der Waals surface area (Å²) in [5, 5.41) is 11.6. The second kappa shape index (κ2) is 5.96. The highest BCUT2D eigenvalue weighted by Crippen LogP contribution is 2.22. The quantitative estimate of drug-likeness (QED) is 0.790. The maximum absolute atomic E-state index is 12.5. The van der Waals surface area contributed by atoms with E-state index in [9.17, 15) is 14.4 Å². The Morgan fingerprint density at radius 3 is 2.75 bits per heavy atom. The molecule has 0 bridgehead atoms. The topological polar surface area (TPSA) is 86.7 Å². The van der Waals surface area contributed by atoms with E-state index in [0.29, 0.717) is 5.56 Å². The predicted molar refractivity (Wildman–Crippen MR) is 73.7 cm³/mol. The van der Waals surface area contributed by atoms with Crippen LogP contribution in [0.2, 0.25) is 0 Å². The van der Waals surface area contributed by atoms with Crippen LogP contribution in [-0.4, -0.2) is 53.2 Å². The Bertz CT molecular complexity index is 561. The van der Waals surface area contributed by atoms with Crippen molar-refractivity contribution < 1.29 is 19.5 Å². The first-order chi connectivity index (χ1) is 9.54. The van der Waals surface area contributed by atoms with E-state index in [1.54, 1.807) is 24.3 Å². The Balaban J connectivity index is 2.33. The van der Waals surface area contributed by atoms with Gasteiger partial charge in [-0.2, -0.15) is 0 Å². The highest BCUT2D eigenvalue weighted by atomic mass is 32.2.